The second kappa shape index (κ2) is 10.0. The molecule has 10 nitrogen and oxygen atoms in total. The number of ether oxygens (including phenoxy) is 1. The van der Waals surface area contributed by atoms with E-state index in [1.54, 1.807) is 23.2 Å². The first kappa shape index (κ1) is 24.6. The average molecular weight is 514 g/mol. The molecule has 182 valence electrons. The molecule has 0 radical (unpaired) electrons. The quantitative estimate of drug-likeness (QED) is 0.264. The van der Waals surface area contributed by atoms with Crippen molar-refractivity contribution in [3.63, 3.8) is 0 Å². The highest BCUT2D eigenvalue weighted by molar-refractivity contribution is 8.26. The number of nitrogens with one attached hydrogen (secondary N) is 1. The average Bonchev–Trinajstić information content (AvgIpc) is 3.10. The molecule has 2 fully saturated rings. The molecular formula is C23H23N5O5S2. The number of amides is 2. The third-order valence-corrected chi connectivity index (χ3v) is 7.01. The molecule has 1 N–H and O–H groups in total. The van der Waals surface area contributed by atoms with E-state index >= 15 is 0 Å². The number of hydrogen-bond acceptors (Lipinski definition) is 9. The minimum atomic E-state index is -0.932. The standard InChI is InChI=1S/C23H23N5O5S2/c1-4-8-27-22(32)16(35-23(27)34)10-14-19(25-17-6-5-13(2)12-28(17)21(14)31)26-9-7-24-20(30)15(26)11-18(29)33-3/h4-6,10,12,15H,1,7-9,11H2,2-3H3,(H,24,30). The second-order valence-corrected chi connectivity index (χ2v) is 9.63. The van der Waals surface area contributed by atoms with Gasteiger partial charge in [-0.3, -0.25) is 28.5 Å². The molecule has 2 amide bonds. The molecule has 2 aromatic rings. The Labute approximate surface area is 210 Å². The van der Waals surface area contributed by atoms with E-state index in [0.29, 0.717) is 23.1 Å². The molecule has 4 rings (SSSR count). The summed E-state index contributed by atoms with van der Waals surface area (Å²) in [4.78, 5) is 59.4. The molecule has 0 bridgehead atoms. The highest BCUT2D eigenvalue weighted by Crippen LogP contribution is 2.34. The van der Waals surface area contributed by atoms with Crippen LogP contribution >= 0.6 is 24.0 Å². The maximum absolute atomic E-state index is 13.7. The van der Waals surface area contributed by atoms with Gasteiger partial charge in [0.25, 0.3) is 11.5 Å². The Morgan fingerprint density at radius 3 is 2.86 bits per heavy atom. The van der Waals surface area contributed by atoms with Gasteiger partial charge in [0.15, 0.2) is 0 Å². The fourth-order valence-electron chi connectivity index (χ4n) is 3.92. The van der Waals surface area contributed by atoms with E-state index in [0.717, 1.165) is 17.3 Å². The summed E-state index contributed by atoms with van der Waals surface area (Å²) in [6.07, 6.45) is 4.46. The summed E-state index contributed by atoms with van der Waals surface area (Å²) in [5, 5.41) is 2.74. The van der Waals surface area contributed by atoms with E-state index in [-0.39, 0.29) is 41.1 Å². The number of hydrogen-bond donors (Lipinski definition) is 1. The minimum absolute atomic E-state index is 0.122. The normalized spacial score (nSPS) is 19.4. The van der Waals surface area contributed by atoms with Crippen LogP contribution in [-0.2, 0) is 19.1 Å². The lowest BCUT2D eigenvalue weighted by Crippen LogP contribution is -2.57. The summed E-state index contributed by atoms with van der Waals surface area (Å²) in [5.74, 6) is -1.09. The number of rotatable bonds is 6. The number of nitrogens with zero attached hydrogens (tertiary/aromatic N) is 4. The van der Waals surface area contributed by atoms with Gasteiger partial charge in [0, 0.05) is 25.8 Å². The maximum atomic E-state index is 13.7. The van der Waals surface area contributed by atoms with Crippen LogP contribution in [0.3, 0.4) is 0 Å². The molecule has 0 aliphatic carbocycles. The van der Waals surface area contributed by atoms with E-state index < -0.39 is 17.6 Å². The Balaban J connectivity index is 1.91. The molecule has 2 aliphatic rings. The summed E-state index contributed by atoms with van der Waals surface area (Å²) in [6.45, 7) is 6.35. The number of thioether (sulfide) groups is 1. The van der Waals surface area contributed by atoms with Crippen molar-refractivity contribution in [1.29, 1.82) is 0 Å². The number of carbonyl (C=O) groups excluding carboxylic acids is 3. The fraction of sp³-hybridized carbons (Fsp3) is 0.304. The van der Waals surface area contributed by atoms with Gasteiger partial charge in [0.05, 0.1) is 24.0 Å². The number of piperazine rings is 1. The van der Waals surface area contributed by atoms with Crippen molar-refractivity contribution < 1.29 is 19.1 Å². The van der Waals surface area contributed by atoms with E-state index in [1.165, 1.54) is 22.5 Å². The van der Waals surface area contributed by atoms with Crippen molar-refractivity contribution in [2.75, 3.05) is 31.6 Å². The molecule has 0 spiro atoms. The van der Waals surface area contributed by atoms with Gasteiger partial charge in [-0.1, -0.05) is 36.1 Å². The van der Waals surface area contributed by atoms with Crippen LogP contribution in [0.4, 0.5) is 5.82 Å². The van der Waals surface area contributed by atoms with Crippen LogP contribution in [0.1, 0.15) is 17.5 Å². The number of esters is 1. The zero-order chi connectivity index (χ0) is 25.3. The molecule has 1 unspecified atom stereocenters. The predicted octanol–water partition coefficient (Wildman–Crippen LogP) is 1.26. The van der Waals surface area contributed by atoms with Gasteiger partial charge in [0.2, 0.25) is 5.91 Å². The number of thiocarbonyl (C=S) groups is 1. The van der Waals surface area contributed by atoms with Gasteiger partial charge in [-0.15, -0.1) is 6.58 Å². The van der Waals surface area contributed by atoms with Crippen LogP contribution in [0.15, 0.2) is 40.7 Å². The number of aryl methyl sites for hydroxylation is 1. The number of methoxy groups -OCH3 is 1. The van der Waals surface area contributed by atoms with Crippen LogP contribution in [-0.4, -0.2) is 69.2 Å². The zero-order valence-corrected chi connectivity index (χ0v) is 20.8. The van der Waals surface area contributed by atoms with Gasteiger partial charge in [-0.25, -0.2) is 4.98 Å². The lowest BCUT2D eigenvalue weighted by Gasteiger charge is -2.36. The first-order valence-electron chi connectivity index (χ1n) is 10.8. The molecule has 0 saturated carbocycles. The molecule has 4 heterocycles. The van der Waals surface area contributed by atoms with E-state index in [2.05, 4.69) is 16.9 Å². The first-order valence-corrected chi connectivity index (χ1v) is 12.0. The SMILES string of the molecule is C=CCN1C(=O)C(=Cc2c(N3CCNC(=O)C3CC(=O)OC)nc3ccc(C)cn3c2=O)SC1=S. The van der Waals surface area contributed by atoms with E-state index in [9.17, 15) is 19.2 Å². The summed E-state index contributed by atoms with van der Waals surface area (Å²) in [5.41, 5.74) is 0.926. The number of pyridine rings is 1. The van der Waals surface area contributed by atoms with Crippen molar-refractivity contribution in [1.82, 2.24) is 19.6 Å². The third kappa shape index (κ3) is 4.71. The summed E-state index contributed by atoms with van der Waals surface area (Å²) in [7, 11) is 1.24. The van der Waals surface area contributed by atoms with Crippen molar-refractivity contribution >= 4 is 63.6 Å². The largest absolute Gasteiger partial charge is 0.469 e. The lowest BCUT2D eigenvalue weighted by molar-refractivity contribution is -0.143. The van der Waals surface area contributed by atoms with Crippen LogP contribution in [0, 0.1) is 6.92 Å². The van der Waals surface area contributed by atoms with Gasteiger partial charge < -0.3 is 15.0 Å². The third-order valence-electron chi connectivity index (χ3n) is 5.64. The lowest BCUT2D eigenvalue weighted by atomic mass is 10.1. The van der Waals surface area contributed by atoms with E-state index in [1.807, 2.05) is 13.0 Å². The number of fused-ring (bicyclic) bond motifs is 1. The van der Waals surface area contributed by atoms with Gasteiger partial charge in [0.1, 0.15) is 21.8 Å². The van der Waals surface area contributed by atoms with Crippen LogP contribution in [0.25, 0.3) is 11.7 Å². The molecule has 0 aromatic carbocycles. The van der Waals surface area contributed by atoms with Crippen molar-refractivity contribution in [2.24, 2.45) is 0 Å². The Bertz CT molecular complexity index is 1350. The molecular weight excluding hydrogens is 490 g/mol. The zero-order valence-electron chi connectivity index (χ0n) is 19.1. The van der Waals surface area contributed by atoms with Gasteiger partial charge in [-0.05, 0) is 24.6 Å². The highest BCUT2D eigenvalue weighted by Gasteiger charge is 2.36. The number of carbonyl (C=O) groups is 3. The highest BCUT2D eigenvalue weighted by atomic mass is 32.2. The second-order valence-electron chi connectivity index (χ2n) is 7.95. The molecule has 2 saturated heterocycles. The smallest absolute Gasteiger partial charge is 0.308 e. The Morgan fingerprint density at radius 1 is 1.37 bits per heavy atom. The molecule has 12 heteroatoms. The van der Waals surface area contributed by atoms with Crippen LogP contribution < -0.4 is 15.8 Å². The molecule has 35 heavy (non-hydrogen) atoms. The fourth-order valence-corrected chi connectivity index (χ4v) is 5.18. The van der Waals surface area contributed by atoms with Crippen molar-refractivity contribution in [3.8, 4) is 0 Å². The molecule has 2 aliphatic heterocycles. The van der Waals surface area contributed by atoms with Crippen molar-refractivity contribution in [2.45, 2.75) is 19.4 Å². The maximum Gasteiger partial charge on any atom is 0.308 e. The number of anilines is 1. The van der Waals surface area contributed by atoms with Crippen molar-refractivity contribution in [3.05, 3.63) is 57.4 Å². The predicted molar refractivity (Wildman–Crippen MR) is 137 cm³/mol. The van der Waals surface area contributed by atoms with E-state index in [4.69, 9.17) is 17.0 Å². The Morgan fingerprint density at radius 2 is 2.14 bits per heavy atom. The Kier molecular flexibility index (Phi) is 7.03. The molecule has 2 aromatic heterocycles. The number of aromatic nitrogens is 2. The van der Waals surface area contributed by atoms with Gasteiger partial charge >= 0.3 is 5.97 Å². The summed E-state index contributed by atoms with van der Waals surface area (Å²) >= 11 is 6.40. The summed E-state index contributed by atoms with van der Waals surface area (Å²) in [6, 6.07) is 2.59. The summed E-state index contributed by atoms with van der Waals surface area (Å²) < 4.78 is 6.52. The van der Waals surface area contributed by atoms with Crippen LogP contribution in [0.2, 0.25) is 0 Å². The monoisotopic (exact) mass is 513 g/mol. The topological polar surface area (TPSA) is 113 Å². The Hall–Kier alpha value is -3.51. The van der Waals surface area contributed by atoms with Crippen LogP contribution in [0.5, 0.6) is 0 Å². The van der Waals surface area contributed by atoms with Gasteiger partial charge in [-0.2, -0.15) is 0 Å². The first-order chi connectivity index (χ1) is 16.7. The minimum Gasteiger partial charge on any atom is -0.469 e. The molecule has 1 atom stereocenters.